The summed E-state index contributed by atoms with van der Waals surface area (Å²) in [5.74, 6) is 0.952. The number of pyridine rings is 1. The van der Waals surface area contributed by atoms with Gasteiger partial charge in [-0.05, 0) is 41.5 Å². The van der Waals surface area contributed by atoms with Crippen LogP contribution in [0.3, 0.4) is 0 Å². The molecular formula is C11H17BrN4. The molecule has 0 amide bonds. The van der Waals surface area contributed by atoms with Gasteiger partial charge in [-0.1, -0.05) is 0 Å². The van der Waals surface area contributed by atoms with E-state index >= 15 is 0 Å². The van der Waals surface area contributed by atoms with E-state index in [1.165, 1.54) is 0 Å². The van der Waals surface area contributed by atoms with Crippen molar-refractivity contribution >= 4 is 21.7 Å². The molecule has 1 N–H and O–H groups in total. The lowest BCUT2D eigenvalue weighted by atomic mass is 10.3. The van der Waals surface area contributed by atoms with Crippen LogP contribution in [0.15, 0.2) is 16.7 Å². The van der Waals surface area contributed by atoms with Gasteiger partial charge in [0.1, 0.15) is 5.82 Å². The van der Waals surface area contributed by atoms with Crippen molar-refractivity contribution in [1.82, 2.24) is 14.9 Å². The molecule has 0 radical (unpaired) electrons. The SMILES string of the molecule is Cc1cc(Br)cnc1NN1CCN(C)CC1. The average molecular weight is 285 g/mol. The zero-order valence-electron chi connectivity index (χ0n) is 9.70. The molecule has 5 heteroatoms. The lowest BCUT2D eigenvalue weighted by Crippen LogP contribution is -2.47. The van der Waals surface area contributed by atoms with Crippen LogP contribution < -0.4 is 5.43 Å². The summed E-state index contributed by atoms with van der Waals surface area (Å²) >= 11 is 3.42. The second kappa shape index (κ2) is 5.12. The Labute approximate surface area is 105 Å². The Morgan fingerprint density at radius 1 is 1.31 bits per heavy atom. The Kier molecular flexibility index (Phi) is 3.78. The zero-order chi connectivity index (χ0) is 11.5. The van der Waals surface area contributed by atoms with Crippen LogP contribution in [-0.4, -0.2) is 48.1 Å². The zero-order valence-corrected chi connectivity index (χ0v) is 11.3. The number of rotatable bonds is 2. The molecule has 4 nitrogen and oxygen atoms in total. The predicted octanol–water partition coefficient (Wildman–Crippen LogP) is 1.73. The summed E-state index contributed by atoms with van der Waals surface area (Å²) in [7, 11) is 2.15. The Hall–Kier alpha value is -0.650. The van der Waals surface area contributed by atoms with Gasteiger partial charge in [0.2, 0.25) is 0 Å². The molecule has 0 aliphatic carbocycles. The number of nitrogens with zero attached hydrogens (tertiary/aromatic N) is 3. The molecule has 0 saturated carbocycles. The minimum absolute atomic E-state index is 0.952. The number of nitrogens with one attached hydrogen (secondary N) is 1. The van der Waals surface area contributed by atoms with Crippen LogP contribution in [0, 0.1) is 6.92 Å². The van der Waals surface area contributed by atoms with Crippen molar-refractivity contribution in [2.75, 3.05) is 38.7 Å². The molecule has 0 bridgehead atoms. The third-order valence-electron chi connectivity index (χ3n) is 2.81. The van der Waals surface area contributed by atoms with Gasteiger partial charge < -0.3 is 10.3 Å². The Balaban J connectivity index is 1.98. The van der Waals surface area contributed by atoms with Crippen LogP contribution in [-0.2, 0) is 0 Å². The molecule has 1 aromatic rings. The topological polar surface area (TPSA) is 31.4 Å². The second-order valence-corrected chi connectivity index (χ2v) is 5.14. The van der Waals surface area contributed by atoms with Crippen molar-refractivity contribution in [3.05, 3.63) is 22.3 Å². The summed E-state index contributed by atoms with van der Waals surface area (Å²) in [5.41, 5.74) is 4.53. The number of piperazine rings is 1. The highest BCUT2D eigenvalue weighted by Crippen LogP contribution is 2.17. The maximum atomic E-state index is 4.38. The molecule has 1 aliphatic heterocycles. The highest BCUT2D eigenvalue weighted by molar-refractivity contribution is 9.10. The third kappa shape index (κ3) is 2.93. The van der Waals surface area contributed by atoms with Crippen molar-refractivity contribution in [2.24, 2.45) is 0 Å². The molecular weight excluding hydrogens is 268 g/mol. The molecule has 1 aromatic heterocycles. The third-order valence-corrected chi connectivity index (χ3v) is 3.25. The monoisotopic (exact) mass is 284 g/mol. The first-order valence-electron chi connectivity index (χ1n) is 5.47. The quantitative estimate of drug-likeness (QED) is 0.896. The molecule has 88 valence electrons. The number of hydrazine groups is 1. The van der Waals surface area contributed by atoms with E-state index in [4.69, 9.17) is 0 Å². The van der Waals surface area contributed by atoms with Crippen LogP contribution in [0.1, 0.15) is 5.56 Å². The van der Waals surface area contributed by atoms with Gasteiger partial charge in [0.05, 0.1) is 0 Å². The van der Waals surface area contributed by atoms with Crippen molar-refractivity contribution < 1.29 is 0 Å². The van der Waals surface area contributed by atoms with Gasteiger partial charge in [0, 0.05) is 36.8 Å². The van der Waals surface area contributed by atoms with Crippen LogP contribution in [0.2, 0.25) is 0 Å². The molecule has 1 fully saturated rings. The maximum Gasteiger partial charge on any atom is 0.143 e. The Bertz CT molecular complexity index is 361. The molecule has 0 aromatic carbocycles. The fraction of sp³-hybridized carbons (Fsp3) is 0.545. The van der Waals surface area contributed by atoms with Gasteiger partial charge in [-0.25, -0.2) is 9.99 Å². The average Bonchev–Trinajstić information content (AvgIpc) is 2.25. The number of aryl methyl sites for hydroxylation is 1. The van der Waals surface area contributed by atoms with E-state index in [1.807, 2.05) is 6.20 Å². The van der Waals surface area contributed by atoms with E-state index < -0.39 is 0 Å². The summed E-state index contributed by atoms with van der Waals surface area (Å²) in [6.45, 7) is 6.34. The number of hydrogen-bond acceptors (Lipinski definition) is 4. The van der Waals surface area contributed by atoms with Crippen LogP contribution >= 0.6 is 15.9 Å². The van der Waals surface area contributed by atoms with E-state index in [-0.39, 0.29) is 0 Å². The molecule has 0 atom stereocenters. The summed E-state index contributed by atoms with van der Waals surface area (Å²) in [6.07, 6.45) is 1.82. The molecule has 1 saturated heterocycles. The lowest BCUT2D eigenvalue weighted by Gasteiger charge is -2.33. The van der Waals surface area contributed by atoms with Crippen LogP contribution in [0.5, 0.6) is 0 Å². The van der Waals surface area contributed by atoms with Crippen molar-refractivity contribution in [3.63, 3.8) is 0 Å². The maximum absolute atomic E-state index is 4.38. The fourth-order valence-electron chi connectivity index (χ4n) is 1.73. The molecule has 2 rings (SSSR count). The molecule has 0 unspecified atom stereocenters. The van der Waals surface area contributed by atoms with Gasteiger partial charge >= 0.3 is 0 Å². The van der Waals surface area contributed by atoms with Crippen LogP contribution in [0.4, 0.5) is 5.82 Å². The van der Waals surface area contributed by atoms with E-state index in [9.17, 15) is 0 Å². The second-order valence-electron chi connectivity index (χ2n) is 4.22. The first-order valence-corrected chi connectivity index (χ1v) is 6.27. The van der Waals surface area contributed by atoms with E-state index in [0.717, 1.165) is 42.0 Å². The predicted molar refractivity (Wildman–Crippen MR) is 69.4 cm³/mol. The lowest BCUT2D eigenvalue weighted by molar-refractivity contribution is 0.178. The molecule has 0 spiro atoms. The van der Waals surface area contributed by atoms with E-state index in [2.05, 4.69) is 56.3 Å². The minimum Gasteiger partial charge on any atom is -0.304 e. The van der Waals surface area contributed by atoms with E-state index in [1.54, 1.807) is 0 Å². The number of halogens is 1. The van der Waals surface area contributed by atoms with Gasteiger partial charge in [-0.15, -0.1) is 0 Å². The highest BCUT2D eigenvalue weighted by atomic mass is 79.9. The normalized spacial score (nSPS) is 18.7. The van der Waals surface area contributed by atoms with Gasteiger partial charge in [0.25, 0.3) is 0 Å². The smallest absolute Gasteiger partial charge is 0.143 e. The van der Waals surface area contributed by atoms with Gasteiger partial charge in [-0.3, -0.25) is 0 Å². The van der Waals surface area contributed by atoms with Crippen molar-refractivity contribution in [2.45, 2.75) is 6.92 Å². The molecule has 2 heterocycles. The van der Waals surface area contributed by atoms with Gasteiger partial charge in [-0.2, -0.15) is 0 Å². The van der Waals surface area contributed by atoms with Crippen molar-refractivity contribution in [1.29, 1.82) is 0 Å². The van der Waals surface area contributed by atoms with Crippen LogP contribution in [0.25, 0.3) is 0 Å². The Morgan fingerprint density at radius 3 is 2.62 bits per heavy atom. The first-order chi connectivity index (χ1) is 7.65. The number of anilines is 1. The first kappa shape index (κ1) is 11.8. The molecule has 16 heavy (non-hydrogen) atoms. The number of likely N-dealkylation sites (N-methyl/N-ethyl adjacent to an activating group) is 1. The summed E-state index contributed by atoms with van der Waals surface area (Å²) in [5, 5.41) is 2.23. The Morgan fingerprint density at radius 2 is 2.00 bits per heavy atom. The minimum atomic E-state index is 0.952. The summed E-state index contributed by atoms with van der Waals surface area (Å²) < 4.78 is 1.02. The fourth-order valence-corrected chi connectivity index (χ4v) is 2.17. The van der Waals surface area contributed by atoms with Gasteiger partial charge in [0.15, 0.2) is 0 Å². The summed E-state index contributed by atoms with van der Waals surface area (Å²) in [6, 6.07) is 2.07. The number of hydrogen-bond donors (Lipinski definition) is 1. The molecule has 1 aliphatic rings. The standard InChI is InChI=1S/C11H17BrN4/c1-9-7-10(12)8-13-11(9)14-16-5-3-15(2)4-6-16/h7-8H,3-6H2,1-2H3,(H,13,14). The van der Waals surface area contributed by atoms with Crippen molar-refractivity contribution in [3.8, 4) is 0 Å². The highest BCUT2D eigenvalue weighted by Gasteiger charge is 2.14. The number of aromatic nitrogens is 1. The van der Waals surface area contributed by atoms with E-state index in [0.29, 0.717) is 0 Å². The largest absolute Gasteiger partial charge is 0.304 e. The summed E-state index contributed by atoms with van der Waals surface area (Å²) in [4.78, 5) is 6.71.